The van der Waals surface area contributed by atoms with Gasteiger partial charge in [0, 0.05) is 11.8 Å². The molecule has 0 atom stereocenters. The van der Waals surface area contributed by atoms with Gasteiger partial charge in [-0.05, 0) is 6.92 Å². The number of ether oxygens (including phenoxy) is 2. The van der Waals surface area contributed by atoms with Crippen molar-refractivity contribution in [1.82, 2.24) is 4.98 Å². The monoisotopic (exact) mass is 261 g/mol. The predicted octanol–water partition coefficient (Wildman–Crippen LogP) is 1.43. The lowest BCUT2D eigenvalue weighted by molar-refractivity contribution is -0.142. The average Bonchev–Trinajstić information content (AvgIpc) is 2.27. The summed E-state index contributed by atoms with van der Waals surface area (Å²) in [4.78, 5) is 24.8. The molecule has 0 aliphatic heterocycles. The molecule has 0 fully saturated rings. The standard InChI is InChI=1S/C11H13F2NO4/c1-3-18-8(15)5-6-4-7(17-2)9(10(12)13)11(16)14-6/h4,10H,3,5H2,1-2H3,(H,14,16). The van der Waals surface area contributed by atoms with Gasteiger partial charge in [0.25, 0.3) is 12.0 Å². The number of esters is 1. The molecule has 0 aliphatic carbocycles. The molecule has 1 aromatic heterocycles. The molecule has 7 heteroatoms. The SMILES string of the molecule is CCOC(=O)Cc1cc(OC)c(C(F)F)c(=O)[nH]1. The van der Waals surface area contributed by atoms with Crippen LogP contribution in [0.5, 0.6) is 5.75 Å². The first-order chi connectivity index (χ1) is 8.49. The number of carbonyl (C=O) groups is 1. The molecule has 0 aliphatic rings. The van der Waals surface area contributed by atoms with Crippen molar-refractivity contribution in [2.24, 2.45) is 0 Å². The molecule has 0 amide bonds. The van der Waals surface area contributed by atoms with Crippen LogP contribution in [0, 0.1) is 0 Å². The molecule has 0 bridgehead atoms. The van der Waals surface area contributed by atoms with Gasteiger partial charge >= 0.3 is 5.97 Å². The first-order valence-corrected chi connectivity index (χ1v) is 5.23. The summed E-state index contributed by atoms with van der Waals surface area (Å²) in [5, 5.41) is 0. The van der Waals surface area contributed by atoms with E-state index in [-0.39, 0.29) is 24.5 Å². The maximum absolute atomic E-state index is 12.6. The second-order valence-corrected chi connectivity index (χ2v) is 3.39. The summed E-state index contributed by atoms with van der Waals surface area (Å²) in [5.74, 6) is -0.798. The first-order valence-electron chi connectivity index (χ1n) is 5.23. The van der Waals surface area contributed by atoms with Gasteiger partial charge in [-0.3, -0.25) is 9.59 Å². The minimum absolute atomic E-state index is 0.166. The van der Waals surface area contributed by atoms with Crippen LogP contribution < -0.4 is 10.3 Å². The van der Waals surface area contributed by atoms with Gasteiger partial charge in [-0.1, -0.05) is 0 Å². The number of aromatic amines is 1. The third-order valence-corrected chi connectivity index (χ3v) is 2.17. The Bertz CT molecular complexity index is 484. The van der Waals surface area contributed by atoms with E-state index in [1.54, 1.807) is 6.92 Å². The highest BCUT2D eigenvalue weighted by Crippen LogP contribution is 2.25. The molecule has 0 aromatic carbocycles. The highest BCUT2D eigenvalue weighted by Gasteiger charge is 2.20. The van der Waals surface area contributed by atoms with Crippen molar-refractivity contribution < 1.29 is 23.0 Å². The lowest BCUT2D eigenvalue weighted by Crippen LogP contribution is -2.19. The summed E-state index contributed by atoms with van der Waals surface area (Å²) in [5.41, 5.74) is -1.55. The summed E-state index contributed by atoms with van der Waals surface area (Å²) in [7, 11) is 1.18. The Morgan fingerprint density at radius 3 is 2.67 bits per heavy atom. The van der Waals surface area contributed by atoms with Crippen LogP contribution in [-0.4, -0.2) is 24.7 Å². The van der Waals surface area contributed by atoms with Crippen LogP contribution in [-0.2, 0) is 16.0 Å². The number of rotatable bonds is 5. The van der Waals surface area contributed by atoms with Gasteiger partial charge in [0.2, 0.25) is 0 Å². The lowest BCUT2D eigenvalue weighted by atomic mass is 10.2. The van der Waals surface area contributed by atoms with Crippen molar-refractivity contribution in [2.75, 3.05) is 13.7 Å². The Morgan fingerprint density at radius 2 is 2.17 bits per heavy atom. The zero-order valence-electron chi connectivity index (χ0n) is 9.96. The maximum Gasteiger partial charge on any atom is 0.311 e. The smallest absolute Gasteiger partial charge is 0.311 e. The molecule has 5 nitrogen and oxygen atoms in total. The van der Waals surface area contributed by atoms with E-state index in [2.05, 4.69) is 9.72 Å². The highest BCUT2D eigenvalue weighted by atomic mass is 19.3. The summed E-state index contributed by atoms with van der Waals surface area (Å²) >= 11 is 0. The Kier molecular flexibility index (Phi) is 4.82. The van der Waals surface area contributed by atoms with Crippen LogP contribution in [0.2, 0.25) is 0 Å². The molecular weight excluding hydrogens is 248 g/mol. The van der Waals surface area contributed by atoms with Gasteiger partial charge < -0.3 is 14.5 Å². The van der Waals surface area contributed by atoms with Crippen LogP contribution >= 0.6 is 0 Å². The minimum Gasteiger partial charge on any atom is -0.496 e. The van der Waals surface area contributed by atoms with E-state index in [0.717, 1.165) is 0 Å². The fourth-order valence-corrected chi connectivity index (χ4v) is 1.44. The van der Waals surface area contributed by atoms with E-state index in [0.29, 0.717) is 0 Å². The van der Waals surface area contributed by atoms with Crippen molar-refractivity contribution in [3.05, 3.63) is 27.7 Å². The number of hydrogen-bond acceptors (Lipinski definition) is 4. The normalized spacial score (nSPS) is 10.5. The van der Waals surface area contributed by atoms with Crippen LogP contribution in [0.25, 0.3) is 0 Å². The quantitative estimate of drug-likeness (QED) is 0.814. The first kappa shape index (κ1) is 14.1. The molecule has 100 valence electrons. The van der Waals surface area contributed by atoms with Crippen LogP contribution in [0.4, 0.5) is 8.78 Å². The fourth-order valence-electron chi connectivity index (χ4n) is 1.44. The summed E-state index contributed by atoms with van der Waals surface area (Å²) in [6, 6.07) is 1.19. The number of alkyl halides is 2. The minimum atomic E-state index is -2.94. The molecule has 1 aromatic rings. The predicted molar refractivity (Wildman–Crippen MR) is 58.9 cm³/mol. The lowest BCUT2D eigenvalue weighted by Gasteiger charge is -2.09. The molecule has 1 rings (SSSR count). The van der Waals surface area contributed by atoms with E-state index in [1.807, 2.05) is 0 Å². The fraction of sp³-hybridized carbons (Fsp3) is 0.455. The van der Waals surface area contributed by atoms with Crippen molar-refractivity contribution in [2.45, 2.75) is 19.8 Å². The summed E-state index contributed by atoms with van der Waals surface area (Å²) < 4.78 is 34.6. The zero-order valence-corrected chi connectivity index (χ0v) is 9.96. The molecule has 1 heterocycles. The number of H-pyrrole nitrogens is 1. The number of methoxy groups -OCH3 is 1. The average molecular weight is 261 g/mol. The Morgan fingerprint density at radius 1 is 1.50 bits per heavy atom. The van der Waals surface area contributed by atoms with Crippen molar-refractivity contribution in [3.63, 3.8) is 0 Å². The van der Waals surface area contributed by atoms with Gasteiger partial charge in [-0.2, -0.15) is 0 Å². The third-order valence-electron chi connectivity index (χ3n) is 2.17. The number of aromatic nitrogens is 1. The second-order valence-electron chi connectivity index (χ2n) is 3.39. The second kappa shape index (κ2) is 6.13. The van der Waals surface area contributed by atoms with Crippen LogP contribution in [0.15, 0.2) is 10.9 Å². The Labute approximate surface area is 102 Å². The van der Waals surface area contributed by atoms with Crippen molar-refractivity contribution >= 4 is 5.97 Å². The molecule has 0 unspecified atom stereocenters. The molecular formula is C11H13F2NO4. The number of pyridine rings is 1. The van der Waals surface area contributed by atoms with Crippen molar-refractivity contribution in [3.8, 4) is 5.75 Å². The molecule has 0 saturated carbocycles. The highest BCUT2D eigenvalue weighted by molar-refractivity contribution is 5.72. The van der Waals surface area contributed by atoms with Gasteiger partial charge in [0.05, 0.1) is 20.1 Å². The number of hydrogen-bond donors (Lipinski definition) is 1. The molecule has 0 spiro atoms. The largest absolute Gasteiger partial charge is 0.496 e. The molecule has 0 radical (unpaired) electrons. The molecule has 1 N–H and O–H groups in total. The molecule has 18 heavy (non-hydrogen) atoms. The number of halogens is 2. The summed E-state index contributed by atoms with van der Waals surface area (Å²) in [6.07, 6.45) is -3.15. The van der Waals surface area contributed by atoms with E-state index >= 15 is 0 Å². The van der Waals surface area contributed by atoms with E-state index in [9.17, 15) is 18.4 Å². The third kappa shape index (κ3) is 3.28. The Hall–Kier alpha value is -1.92. The van der Waals surface area contributed by atoms with Crippen LogP contribution in [0.1, 0.15) is 24.6 Å². The zero-order chi connectivity index (χ0) is 13.7. The number of nitrogens with one attached hydrogen (secondary N) is 1. The van der Waals surface area contributed by atoms with Gasteiger partial charge in [-0.25, -0.2) is 8.78 Å². The van der Waals surface area contributed by atoms with E-state index in [1.165, 1.54) is 13.2 Å². The maximum atomic E-state index is 12.6. The summed E-state index contributed by atoms with van der Waals surface area (Å²) in [6.45, 7) is 1.84. The molecule has 0 saturated heterocycles. The van der Waals surface area contributed by atoms with Gasteiger partial charge in [0.1, 0.15) is 11.3 Å². The van der Waals surface area contributed by atoms with Crippen LogP contribution in [0.3, 0.4) is 0 Å². The topological polar surface area (TPSA) is 68.4 Å². The van der Waals surface area contributed by atoms with Crippen molar-refractivity contribution in [1.29, 1.82) is 0 Å². The Balaban J connectivity index is 3.07. The van der Waals surface area contributed by atoms with Gasteiger partial charge in [0.15, 0.2) is 0 Å². The van der Waals surface area contributed by atoms with E-state index in [4.69, 9.17) is 4.74 Å². The van der Waals surface area contributed by atoms with E-state index < -0.39 is 23.5 Å². The number of carbonyl (C=O) groups excluding carboxylic acids is 1. The van der Waals surface area contributed by atoms with Gasteiger partial charge in [-0.15, -0.1) is 0 Å².